The Bertz CT molecular complexity index is 541. The predicted octanol–water partition coefficient (Wildman–Crippen LogP) is 1.99. The topological polar surface area (TPSA) is 48.0 Å². The molecule has 0 radical (unpaired) electrons. The van der Waals surface area contributed by atoms with Crippen LogP contribution < -0.4 is 9.47 Å². The molecule has 0 N–H and O–H groups in total. The number of rotatable bonds is 3. The van der Waals surface area contributed by atoms with Crippen molar-refractivity contribution in [3.63, 3.8) is 0 Å². The van der Waals surface area contributed by atoms with E-state index in [9.17, 15) is 4.79 Å². The molecule has 1 saturated heterocycles. The van der Waals surface area contributed by atoms with E-state index in [0.29, 0.717) is 32.6 Å². The number of carbonyl (C=O) groups excluding carboxylic acids is 1. The van der Waals surface area contributed by atoms with E-state index in [-0.39, 0.29) is 18.2 Å². The van der Waals surface area contributed by atoms with Gasteiger partial charge in [-0.1, -0.05) is 6.07 Å². The third-order valence-electron chi connectivity index (χ3n) is 4.01. The molecule has 0 bridgehead atoms. The second-order valence-electron chi connectivity index (χ2n) is 6.10. The number of fused-ring (bicyclic) bond motifs is 1. The van der Waals surface area contributed by atoms with E-state index in [1.54, 1.807) is 0 Å². The number of morpholine rings is 1. The van der Waals surface area contributed by atoms with Crippen molar-refractivity contribution in [3.8, 4) is 11.5 Å². The van der Waals surface area contributed by atoms with E-state index < -0.39 is 0 Å². The molecule has 1 aromatic rings. The van der Waals surface area contributed by atoms with Crippen molar-refractivity contribution in [3.05, 3.63) is 23.8 Å². The molecule has 0 saturated carbocycles. The molecule has 2 aliphatic heterocycles. The van der Waals surface area contributed by atoms with Gasteiger partial charge in [0.25, 0.3) is 0 Å². The van der Waals surface area contributed by atoms with Crippen molar-refractivity contribution < 1.29 is 19.0 Å². The van der Waals surface area contributed by atoms with Gasteiger partial charge in [-0.05, 0) is 38.0 Å². The van der Waals surface area contributed by atoms with Crippen LogP contribution in [-0.2, 0) is 16.0 Å². The van der Waals surface area contributed by atoms with Gasteiger partial charge in [-0.15, -0.1) is 0 Å². The summed E-state index contributed by atoms with van der Waals surface area (Å²) in [6, 6.07) is 5.85. The van der Waals surface area contributed by atoms with Gasteiger partial charge >= 0.3 is 0 Å². The largest absolute Gasteiger partial charge is 0.454 e. The molecule has 0 spiro atoms. The highest BCUT2D eigenvalue weighted by molar-refractivity contribution is 5.77. The second-order valence-corrected chi connectivity index (χ2v) is 6.10. The summed E-state index contributed by atoms with van der Waals surface area (Å²) >= 11 is 0. The van der Waals surface area contributed by atoms with Crippen molar-refractivity contribution in [2.45, 2.75) is 32.2 Å². The average Bonchev–Trinajstić information content (AvgIpc) is 2.91. The lowest BCUT2D eigenvalue weighted by Gasteiger charge is -2.42. The smallest absolute Gasteiger partial charge is 0.231 e. The van der Waals surface area contributed by atoms with Gasteiger partial charge in [0, 0.05) is 13.0 Å². The molecule has 2 heterocycles. The first-order valence-corrected chi connectivity index (χ1v) is 7.33. The van der Waals surface area contributed by atoms with Gasteiger partial charge in [-0.3, -0.25) is 4.79 Å². The Morgan fingerprint density at radius 1 is 1.29 bits per heavy atom. The zero-order valence-corrected chi connectivity index (χ0v) is 12.6. The van der Waals surface area contributed by atoms with Gasteiger partial charge in [0.1, 0.15) is 0 Å². The van der Waals surface area contributed by atoms with Gasteiger partial charge in [-0.25, -0.2) is 0 Å². The Labute approximate surface area is 124 Å². The Kier molecular flexibility index (Phi) is 3.76. The molecule has 0 unspecified atom stereocenters. The number of nitrogens with zero attached hydrogens (tertiary/aromatic N) is 1. The maximum Gasteiger partial charge on any atom is 0.231 e. The fourth-order valence-corrected chi connectivity index (χ4v) is 2.80. The standard InChI is InChI=1S/C16H21NO4/c1-16(2)10-19-8-7-17(16)15(18)6-4-12-3-5-13-14(9-12)21-11-20-13/h3,5,9H,4,6-8,10-11H2,1-2H3. The molecule has 5 nitrogen and oxygen atoms in total. The van der Waals surface area contributed by atoms with E-state index in [1.807, 2.05) is 36.9 Å². The lowest BCUT2D eigenvalue weighted by Crippen LogP contribution is -2.55. The van der Waals surface area contributed by atoms with Crippen LogP contribution in [0.3, 0.4) is 0 Å². The third-order valence-corrected chi connectivity index (χ3v) is 4.01. The first-order chi connectivity index (χ1) is 10.1. The highest BCUT2D eigenvalue weighted by Crippen LogP contribution is 2.33. The fraction of sp³-hybridized carbons (Fsp3) is 0.562. The van der Waals surface area contributed by atoms with Crippen LogP contribution in [0.2, 0.25) is 0 Å². The Hall–Kier alpha value is -1.75. The monoisotopic (exact) mass is 291 g/mol. The molecular formula is C16H21NO4. The first-order valence-electron chi connectivity index (χ1n) is 7.33. The average molecular weight is 291 g/mol. The van der Waals surface area contributed by atoms with Gasteiger partial charge in [-0.2, -0.15) is 0 Å². The molecule has 5 heteroatoms. The minimum absolute atomic E-state index is 0.181. The quantitative estimate of drug-likeness (QED) is 0.854. The van der Waals surface area contributed by atoms with Crippen LogP contribution in [0, 0.1) is 0 Å². The fourth-order valence-electron chi connectivity index (χ4n) is 2.80. The number of benzene rings is 1. The molecule has 2 aliphatic rings. The van der Waals surface area contributed by atoms with Crippen LogP contribution in [0.15, 0.2) is 18.2 Å². The maximum atomic E-state index is 12.4. The highest BCUT2D eigenvalue weighted by Gasteiger charge is 2.33. The van der Waals surface area contributed by atoms with E-state index in [0.717, 1.165) is 17.1 Å². The Balaban J connectivity index is 1.60. The number of ether oxygens (including phenoxy) is 3. The summed E-state index contributed by atoms with van der Waals surface area (Å²) in [5.41, 5.74) is 0.878. The van der Waals surface area contributed by atoms with Gasteiger partial charge in [0.15, 0.2) is 11.5 Å². The lowest BCUT2D eigenvalue weighted by atomic mass is 10.0. The first kappa shape index (κ1) is 14.2. The summed E-state index contributed by atoms with van der Waals surface area (Å²) in [6.45, 7) is 6.27. The minimum atomic E-state index is -0.218. The predicted molar refractivity (Wildman–Crippen MR) is 77.5 cm³/mol. The van der Waals surface area contributed by atoms with Crippen molar-refractivity contribution in [2.75, 3.05) is 26.6 Å². The lowest BCUT2D eigenvalue weighted by molar-refractivity contribution is -0.146. The molecule has 3 rings (SSSR count). The van der Waals surface area contributed by atoms with Crippen LogP contribution in [0.5, 0.6) is 11.5 Å². The van der Waals surface area contributed by atoms with Gasteiger partial charge in [0.05, 0.1) is 18.8 Å². The van der Waals surface area contributed by atoms with Crippen LogP contribution >= 0.6 is 0 Å². The number of amides is 1. The van der Waals surface area contributed by atoms with Crippen molar-refractivity contribution in [1.82, 2.24) is 4.90 Å². The van der Waals surface area contributed by atoms with E-state index in [4.69, 9.17) is 14.2 Å². The van der Waals surface area contributed by atoms with Crippen molar-refractivity contribution in [1.29, 1.82) is 0 Å². The minimum Gasteiger partial charge on any atom is -0.454 e. The number of aryl methyl sites for hydroxylation is 1. The summed E-state index contributed by atoms with van der Waals surface area (Å²) in [4.78, 5) is 14.4. The Morgan fingerprint density at radius 2 is 2.10 bits per heavy atom. The SMILES string of the molecule is CC1(C)COCCN1C(=O)CCc1ccc2c(c1)OCO2. The van der Waals surface area contributed by atoms with Gasteiger partial charge in [0.2, 0.25) is 12.7 Å². The van der Waals surface area contributed by atoms with Crippen LogP contribution in [0.25, 0.3) is 0 Å². The summed E-state index contributed by atoms with van der Waals surface area (Å²) in [7, 11) is 0. The zero-order chi connectivity index (χ0) is 14.9. The molecule has 1 amide bonds. The van der Waals surface area contributed by atoms with Crippen LogP contribution in [-0.4, -0.2) is 42.9 Å². The summed E-state index contributed by atoms with van der Waals surface area (Å²) in [5, 5.41) is 0. The molecular weight excluding hydrogens is 270 g/mol. The van der Waals surface area contributed by atoms with Crippen molar-refractivity contribution >= 4 is 5.91 Å². The summed E-state index contributed by atoms with van der Waals surface area (Å²) < 4.78 is 16.1. The molecule has 0 aromatic heterocycles. The molecule has 1 fully saturated rings. The van der Waals surface area contributed by atoms with Gasteiger partial charge < -0.3 is 19.1 Å². The highest BCUT2D eigenvalue weighted by atomic mass is 16.7. The molecule has 0 atom stereocenters. The molecule has 0 aliphatic carbocycles. The summed E-state index contributed by atoms with van der Waals surface area (Å²) in [5.74, 6) is 1.73. The summed E-state index contributed by atoms with van der Waals surface area (Å²) in [6.07, 6.45) is 1.21. The molecule has 114 valence electrons. The molecule has 1 aromatic carbocycles. The number of hydrogen-bond donors (Lipinski definition) is 0. The Morgan fingerprint density at radius 3 is 2.90 bits per heavy atom. The number of hydrogen-bond acceptors (Lipinski definition) is 4. The third kappa shape index (κ3) is 2.97. The van der Waals surface area contributed by atoms with E-state index in [1.165, 1.54) is 0 Å². The maximum absolute atomic E-state index is 12.4. The normalized spacial score (nSPS) is 19.6. The van der Waals surface area contributed by atoms with Crippen molar-refractivity contribution in [2.24, 2.45) is 0 Å². The van der Waals surface area contributed by atoms with E-state index in [2.05, 4.69) is 0 Å². The number of carbonyl (C=O) groups is 1. The molecule has 21 heavy (non-hydrogen) atoms. The van der Waals surface area contributed by atoms with Crippen LogP contribution in [0.4, 0.5) is 0 Å². The zero-order valence-electron chi connectivity index (χ0n) is 12.6. The second kappa shape index (κ2) is 5.56. The van der Waals surface area contributed by atoms with Crippen LogP contribution in [0.1, 0.15) is 25.8 Å². The van der Waals surface area contributed by atoms with E-state index >= 15 is 0 Å².